The number of amides is 1. The number of aryl methyl sites for hydroxylation is 1. The van der Waals surface area contributed by atoms with Gasteiger partial charge in [-0.3, -0.25) is 9.59 Å². The van der Waals surface area contributed by atoms with E-state index < -0.39 is 0 Å². The van der Waals surface area contributed by atoms with Crippen LogP contribution >= 0.6 is 11.8 Å². The second-order valence-corrected chi connectivity index (χ2v) is 6.60. The summed E-state index contributed by atoms with van der Waals surface area (Å²) in [6.45, 7) is 2.05. The van der Waals surface area contributed by atoms with Crippen molar-refractivity contribution in [3.8, 4) is 0 Å². The Morgan fingerprint density at radius 2 is 2.30 bits per heavy atom. The predicted octanol–water partition coefficient (Wildman–Crippen LogP) is 1.27. The van der Waals surface area contributed by atoms with Crippen molar-refractivity contribution >= 4 is 17.7 Å². The van der Waals surface area contributed by atoms with Crippen LogP contribution in [0.5, 0.6) is 0 Å². The van der Waals surface area contributed by atoms with Crippen LogP contribution in [0, 0.1) is 5.92 Å². The largest absolute Gasteiger partial charge is 0.353 e. The van der Waals surface area contributed by atoms with Gasteiger partial charge in [0.1, 0.15) is 0 Å². The highest BCUT2D eigenvalue weighted by atomic mass is 32.2. The quantitative estimate of drug-likeness (QED) is 0.633. The van der Waals surface area contributed by atoms with Crippen LogP contribution in [0.25, 0.3) is 0 Å². The van der Waals surface area contributed by atoms with Gasteiger partial charge >= 0.3 is 0 Å². The lowest BCUT2D eigenvalue weighted by molar-refractivity contribution is -0.119. The third-order valence-electron chi connectivity index (χ3n) is 3.98. The van der Waals surface area contributed by atoms with Gasteiger partial charge in [-0.1, -0.05) is 11.8 Å². The molecule has 1 amide bonds. The van der Waals surface area contributed by atoms with E-state index in [1.54, 1.807) is 0 Å². The van der Waals surface area contributed by atoms with Crippen molar-refractivity contribution in [1.82, 2.24) is 15.3 Å². The Morgan fingerprint density at radius 1 is 1.50 bits per heavy atom. The summed E-state index contributed by atoms with van der Waals surface area (Å²) in [5.41, 5.74) is 1.69. The van der Waals surface area contributed by atoms with Gasteiger partial charge in [0.05, 0.1) is 11.4 Å². The van der Waals surface area contributed by atoms with Gasteiger partial charge < -0.3 is 10.3 Å². The fraction of sp³-hybridized carbons (Fsp3) is 0.643. The molecule has 1 saturated carbocycles. The summed E-state index contributed by atoms with van der Waals surface area (Å²) in [6.07, 6.45) is 5.13. The minimum absolute atomic E-state index is 0.0116. The van der Waals surface area contributed by atoms with E-state index in [2.05, 4.69) is 22.2 Å². The molecule has 108 valence electrons. The topological polar surface area (TPSA) is 74.8 Å². The van der Waals surface area contributed by atoms with Crippen LogP contribution in [-0.4, -0.2) is 27.7 Å². The number of nitrogens with zero attached hydrogens (tertiary/aromatic N) is 1. The number of carbonyl (C=O) groups excluding carboxylic acids is 1. The van der Waals surface area contributed by atoms with Crippen LogP contribution < -0.4 is 10.9 Å². The Hall–Kier alpha value is -1.30. The molecular formula is C14H19N3O2S. The number of H-pyrrole nitrogens is 1. The number of aromatic amines is 1. The molecule has 1 fully saturated rings. The van der Waals surface area contributed by atoms with E-state index in [1.807, 2.05) is 0 Å². The maximum Gasteiger partial charge on any atom is 0.254 e. The Bertz CT molecular complexity index is 580. The van der Waals surface area contributed by atoms with Crippen molar-refractivity contribution in [1.29, 1.82) is 0 Å². The summed E-state index contributed by atoms with van der Waals surface area (Å²) < 4.78 is 0. The lowest BCUT2D eigenvalue weighted by Gasteiger charge is -2.12. The SMILES string of the molecule is C[C@@H](NC(=O)CSc1nc2c(c(=O)[nH]1)CCC2)C1CC1. The zero-order valence-electron chi connectivity index (χ0n) is 11.6. The van der Waals surface area contributed by atoms with E-state index in [4.69, 9.17) is 0 Å². The number of nitrogens with one attached hydrogen (secondary N) is 2. The summed E-state index contributed by atoms with van der Waals surface area (Å²) in [7, 11) is 0. The fourth-order valence-electron chi connectivity index (χ4n) is 2.63. The van der Waals surface area contributed by atoms with Crippen LogP contribution in [0.15, 0.2) is 9.95 Å². The van der Waals surface area contributed by atoms with Crippen LogP contribution in [0.2, 0.25) is 0 Å². The van der Waals surface area contributed by atoms with Crippen molar-refractivity contribution in [3.63, 3.8) is 0 Å². The molecule has 0 unspecified atom stereocenters. The van der Waals surface area contributed by atoms with E-state index >= 15 is 0 Å². The van der Waals surface area contributed by atoms with Crippen molar-refractivity contribution < 1.29 is 4.79 Å². The molecule has 0 aliphatic heterocycles. The molecule has 1 aromatic rings. The molecule has 20 heavy (non-hydrogen) atoms. The molecule has 1 aromatic heterocycles. The maximum absolute atomic E-state index is 11.8. The number of rotatable bonds is 5. The van der Waals surface area contributed by atoms with Crippen molar-refractivity contribution in [2.24, 2.45) is 5.92 Å². The summed E-state index contributed by atoms with van der Waals surface area (Å²) in [4.78, 5) is 30.9. The molecule has 0 aromatic carbocycles. The van der Waals surface area contributed by atoms with Crippen LogP contribution in [0.3, 0.4) is 0 Å². The van der Waals surface area contributed by atoms with Gasteiger partial charge in [-0.15, -0.1) is 0 Å². The summed E-state index contributed by atoms with van der Waals surface area (Å²) in [6, 6.07) is 0.259. The van der Waals surface area contributed by atoms with Crippen LogP contribution in [0.1, 0.15) is 37.4 Å². The Kier molecular flexibility index (Phi) is 3.83. The van der Waals surface area contributed by atoms with Gasteiger partial charge in [0.2, 0.25) is 5.91 Å². The average Bonchev–Trinajstić information content (AvgIpc) is 3.15. The molecule has 0 saturated heterocycles. The third kappa shape index (κ3) is 3.06. The van der Waals surface area contributed by atoms with Gasteiger partial charge in [-0.25, -0.2) is 4.98 Å². The van der Waals surface area contributed by atoms with Crippen molar-refractivity contribution in [3.05, 3.63) is 21.6 Å². The number of carbonyl (C=O) groups is 1. The van der Waals surface area contributed by atoms with Crippen molar-refractivity contribution in [2.75, 3.05) is 5.75 Å². The average molecular weight is 293 g/mol. The van der Waals surface area contributed by atoms with Gasteiger partial charge in [-0.2, -0.15) is 0 Å². The molecule has 0 spiro atoms. The third-order valence-corrected chi connectivity index (χ3v) is 4.85. The summed E-state index contributed by atoms with van der Waals surface area (Å²) in [5, 5.41) is 3.56. The first-order valence-corrected chi connectivity index (χ1v) is 8.16. The summed E-state index contributed by atoms with van der Waals surface area (Å²) >= 11 is 1.30. The second-order valence-electron chi connectivity index (χ2n) is 5.63. The Morgan fingerprint density at radius 3 is 3.05 bits per heavy atom. The van der Waals surface area contributed by atoms with Crippen molar-refractivity contribution in [2.45, 2.75) is 50.2 Å². The number of hydrogen-bond acceptors (Lipinski definition) is 4. The lowest BCUT2D eigenvalue weighted by Crippen LogP contribution is -2.35. The second kappa shape index (κ2) is 5.60. The van der Waals surface area contributed by atoms with Gasteiger partial charge in [0.25, 0.3) is 5.56 Å². The highest BCUT2D eigenvalue weighted by Gasteiger charge is 2.28. The number of hydrogen-bond donors (Lipinski definition) is 2. The molecular weight excluding hydrogens is 274 g/mol. The molecule has 1 atom stereocenters. The zero-order chi connectivity index (χ0) is 14.1. The number of thioether (sulfide) groups is 1. The minimum Gasteiger partial charge on any atom is -0.353 e. The fourth-order valence-corrected chi connectivity index (χ4v) is 3.32. The maximum atomic E-state index is 11.8. The normalized spacial score (nSPS) is 18.6. The number of aromatic nitrogens is 2. The zero-order valence-corrected chi connectivity index (χ0v) is 12.4. The standard InChI is InChI=1S/C14H19N3O2S/c1-8(9-5-6-9)15-12(18)7-20-14-16-11-4-2-3-10(11)13(19)17-14/h8-9H,2-7H2,1H3,(H,15,18)(H,16,17,19)/t8-/m1/s1. The molecule has 1 heterocycles. The predicted molar refractivity (Wildman–Crippen MR) is 77.9 cm³/mol. The molecule has 2 N–H and O–H groups in total. The van der Waals surface area contributed by atoms with E-state index in [0.29, 0.717) is 16.8 Å². The molecule has 3 rings (SSSR count). The molecule has 2 aliphatic rings. The van der Waals surface area contributed by atoms with E-state index in [0.717, 1.165) is 30.5 Å². The van der Waals surface area contributed by atoms with E-state index in [-0.39, 0.29) is 17.5 Å². The molecule has 6 heteroatoms. The molecule has 0 radical (unpaired) electrons. The molecule has 5 nitrogen and oxygen atoms in total. The first-order chi connectivity index (χ1) is 9.63. The lowest BCUT2D eigenvalue weighted by atomic mass is 10.2. The van der Waals surface area contributed by atoms with E-state index in [9.17, 15) is 9.59 Å². The Balaban J connectivity index is 1.57. The smallest absolute Gasteiger partial charge is 0.254 e. The minimum atomic E-state index is -0.0400. The Labute approximate surface area is 122 Å². The summed E-state index contributed by atoms with van der Waals surface area (Å²) in [5.74, 6) is 0.970. The highest BCUT2D eigenvalue weighted by molar-refractivity contribution is 7.99. The van der Waals surface area contributed by atoms with Crippen LogP contribution in [-0.2, 0) is 17.6 Å². The van der Waals surface area contributed by atoms with Gasteiger partial charge in [0.15, 0.2) is 5.16 Å². The molecule has 2 aliphatic carbocycles. The van der Waals surface area contributed by atoms with Crippen LogP contribution in [0.4, 0.5) is 0 Å². The van der Waals surface area contributed by atoms with Gasteiger partial charge in [-0.05, 0) is 44.9 Å². The first-order valence-electron chi connectivity index (χ1n) is 7.17. The van der Waals surface area contributed by atoms with Gasteiger partial charge in [0, 0.05) is 11.6 Å². The molecule has 0 bridgehead atoms. The highest BCUT2D eigenvalue weighted by Crippen LogP contribution is 2.32. The monoisotopic (exact) mass is 293 g/mol. The number of fused-ring (bicyclic) bond motifs is 1. The van der Waals surface area contributed by atoms with E-state index in [1.165, 1.54) is 24.6 Å². The first kappa shape index (κ1) is 13.7.